The fraction of sp³-hybridized carbons (Fsp3) is 0.538. The Hall–Kier alpha value is -1.15. The second kappa shape index (κ2) is 6.53. The van der Waals surface area contributed by atoms with Crippen LogP contribution >= 0.6 is 0 Å². The Balaban J connectivity index is 2.05. The van der Waals surface area contributed by atoms with Gasteiger partial charge in [0, 0.05) is 32.4 Å². The largest absolute Gasteiger partial charge is 0.378 e. The summed E-state index contributed by atoms with van der Waals surface area (Å²) in [4.78, 5) is 0.276. The number of hydrogen-bond donors (Lipinski definition) is 3. The van der Waals surface area contributed by atoms with Gasteiger partial charge in [0.1, 0.15) is 0 Å². The van der Waals surface area contributed by atoms with Gasteiger partial charge in [-0.3, -0.25) is 0 Å². The van der Waals surface area contributed by atoms with E-state index < -0.39 is 10.0 Å². The molecular weight excluding hydrogens is 278 g/mol. The first-order valence-electron chi connectivity index (χ1n) is 6.66. The average Bonchev–Trinajstić information content (AvgIpc) is 2.86. The van der Waals surface area contributed by atoms with Crippen molar-refractivity contribution in [1.29, 1.82) is 0 Å². The average molecular weight is 299 g/mol. The molecule has 1 aromatic carbocycles. The van der Waals surface area contributed by atoms with Gasteiger partial charge in [0.15, 0.2) is 0 Å². The quantitative estimate of drug-likeness (QED) is 0.708. The van der Waals surface area contributed by atoms with Crippen LogP contribution in [0.4, 0.5) is 5.69 Å². The minimum absolute atomic E-state index is 0.125. The van der Waals surface area contributed by atoms with Crippen LogP contribution in [0, 0.1) is 0 Å². The molecule has 0 amide bonds. The van der Waals surface area contributed by atoms with Gasteiger partial charge >= 0.3 is 0 Å². The van der Waals surface area contributed by atoms with E-state index in [0.717, 1.165) is 18.8 Å². The molecule has 0 bridgehead atoms. The molecule has 0 saturated carbocycles. The zero-order chi connectivity index (χ0) is 14.6. The van der Waals surface area contributed by atoms with Crippen molar-refractivity contribution in [3.05, 3.63) is 24.3 Å². The molecule has 0 aliphatic carbocycles. The Morgan fingerprint density at radius 3 is 2.60 bits per heavy atom. The van der Waals surface area contributed by atoms with Crippen molar-refractivity contribution in [3.63, 3.8) is 0 Å². The van der Waals surface area contributed by atoms with Crippen molar-refractivity contribution in [2.75, 3.05) is 32.1 Å². The van der Waals surface area contributed by atoms with E-state index in [9.17, 15) is 8.42 Å². The molecule has 1 fully saturated rings. The van der Waals surface area contributed by atoms with Crippen LogP contribution in [-0.2, 0) is 14.8 Å². The van der Waals surface area contributed by atoms with Gasteiger partial charge in [0.05, 0.1) is 17.0 Å². The number of hydrogen-bond acceptors (Lipinski definition) is 5. The van der Waals surface area contributed by atoms with Gasteiger partial charge in [-0.25, -0.2) is 13.1 Å². The van der Waals surface area contributed by atoms with Gasteiger partial charge in [-0.15, -0.1) is 0 Å². The van der Waals surface area contributed by atoms with Crippen molar-refractivity contribution in [1.82, 2.24) is 10.0 Å². The first-order valence-corrected chi connectivity index (χ1v) is 8.15. The van der Waals surface area contributed by atoms with E-state index in [4.69, 9.17) is 4.74 Å². The van der Waals surface area contributed by atoms with Crippen LogP contribution in [-0.4, -0.2) is 47.3 Å². The topological polar surface area (TPSA) is 79.5 Å². The second-order valence-electron chi connectivity index (χ2n) is 4.71. The van der Waals surface area contributed by atoms with E-state index in [2.05, 4.69) is 15.4 Å². The van der Waals surface area contributed by atoms with E-state index in [-0.39, 0.29) is 17.0 Å². The predicted molar refractivity (Wildman–Crippen MR) is 78.4 cm³/mol. The summed E-state index contributed by atoms with van der Waals surface area (Å²) in [5.41, 5.74) is 0.885. The van der Waals surface area contributed by atoms with E-state index >= 15 is 0 Å². The normalized spacial score (nSPS) is 22.9. The lowest BCUT2D eigenvalue weighted by atomic mass is 10.2. The molecule has 1 unspecified atom stereocenters. The lowest BCUT2D eigenvalue weighted by Gasteiger charge is -2.19. The molecule has 2 atom stereocenters. The molecule has 20 heavy (non-hydrogen) atoms. The van der Waals surface area contributed by atoms with Crippen LogP contribution in [0.5, 0.6) is 0 Å². The van der Waals surface area contributed by atoms with Crippen molar-refractivity contribution >= 4 is 15.7 Å². The molecule has 1 aromatic rings. The zero-order valence-corrected chi connectivity index (χ0v) is 12.5. The van der Waals surface area contributed by atoms with Crippen LogP contribution in [0.1, 0.15) is 6.92 Å². The molecule has 2 rings (SSSR count). The maximum absolute atomic E-state index is 11.8. The fourth-order valence-corrected chi connectivity index (χ4v) is 3.31. The third kappa shape index (κ3) is 3.49. The van der Waals surface area contributed by atoms with Crippen LogP contribution in [0.3, 0.4) is 0 Å². The number of nitrogens with one attached hydrogen (secondary N) is 3. The first-order chi connectivity index (χ1) is 9.56. The van der Waals surface area contributed by atoms with Gasteiger partial charge in [0.25, 0.3) is 0 Å². The van der Waals surface area contributed by atoms with Gasteiger partial charge < -0.3 is 15.4 Å². The number of benzene rings is 1. The minimum Gasteiger partial charge on any atom is -0.378 e. The number of sulfonamides is 1. The highest BCUT2D eigenvalue weighted by molar-refractivity contribution is 7.89. The van der Waals surface area contributed by atoms with Crippen LogP contribution in [0.2, 0.25) is 0 Å². The smallest absolute Gasteiger partial charge is 0.240 e. The highest BCUT2D eigenvalue weighted by atomic mass is 32.2. The third-order valence-corrected chi connectivity index (χ3v) is 4.87. The summed E-state index contributed by atoms with van der Waals surface area (Å²) in [7, 11) is -1.69. The standard InChI is InChI=1S/C13H21N3O3S/c1-3-15-20(17,18)11-6-4-10(5-7-11)16-12-8-14-9-13(12)19-2/h4-7,12-16H,3,8-9H2,1-2H3/t12?,13-/m0/s1. The highest BCUT2D eigenvalue weighted by Crippen LogP contribution is 2.17. The molecule has 0 spiro atoms. The number of ether oxygens (including phenoxy) is 1. The van der Waals surface area contributed by atoms with Crippen LogP contribution in [0.15, 0.2) is 29.2 Å². The molecule has 6 nitrogen and oxygen atoms in total. The molecule has 1 heterocycles. The van der Waals surface area contributed by atoms with Crippen molar-refractivity contribution in [2.45, 2.75) is 24.0 Å². The van der Waals surface area contributed by atoms with Gasteiger partial charge in [0.2, 0.25) is 10.0 Å². The number of anilines is 1. The molecule has 1 saturated heterocycles. The summed E-state index contributed by atoms with van der Waals surface area (Å²) >= 11 is 0. The van der Waals surface area contributed by atoms with Gasteiger partial charge in [-0.2, -0.15) is 0 Å². The Bertz CT molecular complexity index is 530. The Morgan fingerprint density at radius 2 is 2.00 bits per heavy atom. The summed E-state index contributed by atoms with van der Waals surface area (Å²) < 4.78 is 31.5. The lowest BCUT2D eigenvalue weighted by molar-refractivity contribution is 0.111. The summed E-state index contributed by atoms with van der Waals surface area (Å²) in [5.74, 6) is 0. The van der Waals surface area contributed by atoms with Crippen molar-refractivity contribution in [2.24, 2.45) is 0 Å². The molecule has 0 aromatic heterocycles. The zero-order valence-electron chi connectivity index (χ0n) is 11.7. The molecule has 0 radical (unpaired) electrons. The molecule has 1 aliphatic rings. The van der Waals surface area contributed by atoms with Gasteiger partial charge in [-0.1, -0.05) is 6.92 Å². The van der Waals surface area contributed by atoms with E-state index in [1.165, 1.54) is 0 Å². The van der Waals surface area contributed by atoms with Crippen LogP contribution < -0.4 is 15.4 Å². The van der Waals surface area contributed by atoms with Crippen molar-refractivity contribution in [3.8, 4) is 0 Å². The molecule has 1 aliphatic heterocycles. The Kier molecular flexibility index (Phi) is 4.98. The highest BCUT2D eigenvalue weighted by Gasteiger charge is 2.26. The first kappa shape index (κ1) is 15.2. The Morgan fingerprint density at radius 1 is 1.30 bits per heavy atom. The third-order valence-electron chi connectivity index (χ3n) is 3.31. The van der Waals surface area contributed by atoms with Crippen LogP contribution in [0.25, 0.3) is 0 Å². The SMILES string of the molecule is CCNS(=O)(=O)c1ccc(NC2CNC[C@@H]2OC)cc1. The Labute approximate surface area is 120 Å². The monoisotopic (exact) mass is 299 g/mol. The summed E-state index contributed by atoms with van der Waals surface area (Å²) in [6, 6.07) is 6.94. The van der Waals surface area contributed by atoms with E-state index in [1.54, 1.807) is 38.3 Å². The molecule has 3 N–H and O–H groups in total. The number of methoxy groups -OCH3 is 1. The second-order valence-corrected chi connectivity index (χ2v) is 6.48. The van der Waals surface area contributed by atoms with E-state index in [0.29, 0.717) is 6.54 Å². The fourth-order valence-electron chi connectivity index (χ4n) is 2.26. The summed E-state index contributed by atoms with van der Waals surface area (Å²) in [6.45, 7) is 3.79. The molecule has 7 heteroatoms. The maximum atomic E-state index is 11.8. The summed E-state index contributed by atoms with van der Waals surface area (Å²) in [6.07, 6.45) is 0.125. The minimum atomic E-state index is -3.38. The maximum Gasteiger partial charge on any atom is 0.240 e. The van der Waals surface area contributed by atoms with Gasteiger partial charge in [-0.05, 0) is 24.3 Å². The summed E-state index contributed by atoms with van der Waals surface area (Å²) in [5, 5.41) is 6.60. The number of rotatable bonds is 6. The molecular formula is C13H21N3O3S. The van der Waals surface area contributed by atoms with Crippen molar-refractivity contribution < 1.29 is 13.2 Å². The lowest BCUT2D eigenvalue weighted by Crippen LogP contribution is -2.33. The van der Waals surface area contributed by atoms with E-state index in [1.807, 2.05) is 0 Å². The predicted octanol–water partition coefficient (Wildman–Crippen LogP) is 0.383. The molecule has 112 valence electrons.